The lowest BCUT2D eigenvalue weighted by Gasteiger charge is -2.37. The lowest BCUT2D eigenvalue weighted by Crippen LogP contribution is -2.47. The Morgan fingerprint density at radius 2 is 1.82 bits per heavy atom. The number of nitrogens with two attached hydrogens (primary N) is 1. The van der Waals surface area contributed by atoms with E-state index in [1.54, 1.807) is 0 Å². The van der Waals surface area contributed by atoms with Crippen molar-refractivity contribution in [1.29, 1.82) is 0 Å². The predicted octanol–water partition coefficient (Wildman–Crippen LogP) is 3.30. The minimum absolute atomic E-state index is 0.311. The molecular weight excluding hydrogens is 530 g/mol. The normalized spacial score (nSPS) is 15.1. The van der Waals surface area contributed by atoms with Gasteiger partial charge >= 0.3 is 0 Å². The summed E-state index contributed by atoms with van der Waals surface area (Å²) in [6.07, 6.45) is 2.74. The summed E-state index contributed by atoms with van der Waals surface area (Å²) in [6, 6.07) is 13.9. The minimum Gasteiger partial charge on any atom is -0.489 e. The van der Waals surface area contributed by atoms with Crippen molar-refractivity contribution in [3.63, 3.8) is 0 Å². The number of benzene rings is 2. The first-order valence-corrected chi connectivity index (χ1v) is 13.9. The van der Waals surface area contributed by atoms with Crippen LogP contribution in [0.3, 0.4) is 0 Å². The van der Waals surface area contributed by atoms with E-state index in [1.807, 2.05) is 30.3 Å². The van der Waals surface area contributed by atoms with Gasteiger partial charge in [-0.05, 0) is 71.1 Å². The van der Waals surface area contributed by atoms with E-state index in [-0.39, 0.29) is 0 Å². The summed E-state index contributed by atoms with van der Waals surface area (Å²) in [5.74, 6) is 2.77. The monoisotopic (exact) mass is 561 g/mol. The first-order valence-electron chi connectivity index (χ1n) is 13.6. The van der Waals surface area contributed by atoms with Crippen LogP contribution in [0.5, 0.6) is 5.75 Å². The van der Waals surface area contributed by atoms with Crippen molar-refractivity contribution >= 4 is 23.4 Å². The molecule has 1 aliphatic heterocycles. The van der Waals surface area contributed by atoms with E-state index in [2.05, 4.69) is 47.5 Å². The Hall–Kier alpha value is -3.80. The molecule has 1 saturated heterocycles. The maximum atomic E-state index is 6.23. The molecule has 208 valence electrons. The summed E-state index contributed by atoms with van der Waals surface area (Å²) in [5, 5.41) is 14.4. The number of H-pyrrole nitrogens is 1. The molecule has 2 aromatic heterocycles. The zero-order valence-electron chi connectivity index (χ0n) is 22.2. The van der Waals surface area contributed by atoms with Gasteiger partial charge in [0.05, 0.1) is 5.69 Å². The summed E-state index contributed by atoms with van der Waals surface area (Å²) in [5.41, 5.74) is 11.8. The third-order valence-corrected chi connectivity index (χ3v) is 7.61. The van der Waals surface area contributed by atoms with Gasteiger partial charge in [-0.3, -0.25) is 4.90 Å². The highest BCUT2D eigenvalue weighted by atomic mass is 35.5. The van der Waals surface area contributed by atoms with Crippen LogP contribution in [-0.4, -0.2) is 74.8 Å². The number of fused-ring (bicyclic) bond motifs is 3. The number of anilines is 2. The number of tetrazole rings is 1. The predicted molar refractivity (Wildman–Crippen MR) is 152 cm³/mol. The number of aromatic nitrogens is 6. The topological polar surface area (TPSA) is 131 Å². The van der Waals surface area contributed by atoms with E-state index in [0.717, 1.165) is 85.4 Å². The number of nitrogen functional groups attached to an aromatic ring is 1. The molecule has 3 heterocycles. The van der Waals surface area contributed by atoms with E-state index < -0.39 is 0 Å². The van der Waals surface area contributed by atoms with Gasteiger partial charge in [0, 0.05) is 55.5 Å². The second-order valence-corrected chi connectivity index (χ2v) is 10.5. The molecule has 40 heavy (non-hydrogen) atoms. The molecular formula is C28H32ClN9O2. The number of nitrogens with one attached hydrogen (secondary N) is 1. The summed E-state index contributed by atoms with van der Waals surface area (Å²) >= 11 is 5.99. The Labute approximate surface area is 237 Å². The van der Waals surface area contributed by atoms with Crippen LogP contribution in [0.25, 0.3) is 11.3 Å². The van der Waals surface area contributed by atoms with Gasteiger partial charge in [-0.25, -0.2) is 10.1 Å². The number of rotatable bonds is 10. The van der Waals surface area contributed by atoms with E-state index in [4.69, 9.17) is 31.8 Å². The fourth-order valence-electron chi connectivity index (χ4n) is 5.29. The van der Waals surface area contributed by atoms with Gasteiger partial charge in [0.2, 0.25) is 5.95 Å². The second kappa shape index (κ2) is 12.2. The molecule has 0 amide bonds. The molecule has 0 atom stereocenters. The van der Waals surface area contributed by atoms with Crippen molar-refractivity contribution in [3.8, 4) is 17.0 Å². The van der Waals surface area contributed by atoms with Gasteiger partial charge in [-0.1, -0.05) is 23.7 Å². The van der Waals surface area contributed by atoms with Crippen LogP contribution in [0.4, 0.5) is 11.8 Å². The Bertz CT molecular complexity index is 1420. The largest absolute Gasteiger partial charge is 0.489 e. The van der Waals surface area contributed by atoms with Gasteiger partial charge in [-0.2, -0.15) is 4.98 Å². The Kier molecular flexibility index (Phi) is 8.03. The number of ether oxygens (including phenoxy) is 2. The Balaban J connectivity index is 1.06. The molecule has 0 saturated carbocycles. The summed E-state index contributed by atoms with van der Waals surface area (Å²) < 4.78 is 11.7. The quantitative estimate of drug-likeness (QED) is 0.278. The maximum Gasteiger partial charge on any atom is 0.222 e. The van der Waals surface area contributed by atoms with Gasteiger partial charge in [0.1, 0.15) is 24.8 Å². The van der Waals surface area contributed by atoms with Crippen molar-refractivity contribution < 1.29 is 9.47 Å². The van der Waals surface area contributed by atoms with E-state index in [9.17, 15) is 0 Å². The van der Waals surface area contributed by atoms with Crippen molar-refractivity contribution in [2.75, 3.05) is 50.0 Å². The Morgan fingerprint density at radius 3 is 2.62 bits per heavy atom. The SMILES string of the molecule is Nc1nc2c(c(N3CCN(CCCOCc4nnn[nH]4)CC3)n1)CCc1cc(OCc3ccc(Cl)cc3)ccc1-2. The van der Waals surface area contributed by atoms with Crippen LogP contribution in [0, 0.1) is 0 Å². The number of aromatic amines is 1. The minimum atomic E-state index is 0.311. The van der Waals surface area contributed by atoms with E-state index in [0.29, 0.717) is 31.6 Å². The molecule has 12 heteroatoms. The first-order chi connectivity index (χ1) is 19.6. The zero-order chi connectivity index (χ0) is 27.3. The van der Waals surface area contributed by atoms with E-state index in [1.165, 1.54) is 11.1 Å². The fourth-order valence-corrected chi connectivity index (χ4v) is 5.42. The third-order valence-electron chi connectivity index (χ3n) is 7.36. The average Bonchev–Trinajstić information content (AvgIpc) is 3.50. The molecule has 6 rings (SSSR count). The standard InChI is InChI=1S/C28H32ClN9O2/c29-21-5-2-19(3-6-21)17-40-22-7-9-23-20(16-22)4-8-24-26(23)31-28(30)32-27(24)38-13-11-37(12-14-38)10-1-15-39-18-25-33-35-36-34-25/h2-3,5-7,9,16H,1,4,8,10-15,17-18H2,(H2,30,31,32)(H,33,34,35,36). The molecule has 4 aromatic rings. The highest BCUT2D eigenvalue weighted by Crippen LogP contribution is 2.38. The highest BCUT2D eigenvalue weighted by Gasteiger charge is 2.27. The maximum absolute atomic E-state index is 6.23. The molecule has 3 N–H and O–H groups in total. The first kappa shape index (κ1) is 26.4. The number of hydrogen-bond donors (Lipinski definition) is 2. The molecule has 1 fully saturated rings. The zero-order valence-corrected chi connectivity index (χ0v) is 23.0. The van der Waals surface area contributed by atoms with Crippen molar-refractivity contribution in [2.45, 2.75) is 32.5 Å². The van der Waals surface area contributed by atoms with Gasteiger partial charge in [0.15, 0.2) is 5.82 Å². The molecule has 1 aliphatic carbocycles. The summed E-state index contributed by atoms with van der Waals surface area (Å²) in [4.78, 5) is 14.2. The molecule has 11 nitrogen and oxygen atoms in total. The molecule has 0 bridgehead atoms. The van der Waals surface area contributed by atoms with Crippen LogP contribution in [0.1, 0.15) is 28.9 Å². The number of hydrogen-bond acceptors (Lipinski definition) is 10. The number of aryl methyl sites for hydroxylation is 1. The summed E-state index contributed by atoms with van der Waals surface area (Å²) in [7, 11) is 0. The molecule has 0 unspecified atom stereocenters. The average molecular weight is 562 g/mol. The van der Waals surface area contributed by atoms with Crippen LogP contribution >= 0.6 is 11.6 Å². The van der Waals surface area contributed by atoms with Gasteiger partial charge in [-0.15, -0.1) is 5.10 Å². The lowest BCUT2D eigenvalue weighted by atomic mass is 9.88. The van der Waals surface area contributed by atoms with Gasteiger partial charge < -0.3 is 20.1 Å². The molecule has 2 aromatic carbocycles. The molecule has 0 radical (unpaired) electrons. The van der Waals surface area contributed by atoms with Crippen LogP contribution in [-0.2, 0) is 30.8 Å². The van der Waals surface area contributed by atoms with Gasteiger partial charge in [0.25, 0.3) is 0 Å². The smallest absolute Gasteiger partial charge is 0.222 e. The second-order valence-electron chi connectivity index (χ2n) is 10.0. The fraction of sp³-hybridized carbons (Fsp3) is 0.393. The van der Waals surface area contributed by atoms with Crippen molar-refractivity contribution in [1.82, 2.24) is 35.5 Å². The highest BCUT2D eigenvalue weighted by molar-refractivity contribution is 6.30. The Morgan fingerprint density at radius 1 is 0.975 bits per heavy atom. The number of piperazine rings is 1. The number of halogens is 1. The lowest BCUT2D eigenvalue weighted by molar-refractivity contribution is 0.103. The molecule has 2 aliphatic rings. The third kappa shape index (κ3) is 6.16. The van der Waals surface area contributed by atoms with Crippen LogP contribution < -0.4 is 15.4 Å². The summed E-state index contributed by atoms with van der Waals surface area (Å²) in [6.45, 7) is 6.29. The van der Waals surface area contributed by atoms with Crippen molar-refractivity contribution in [2.24, 2.45) is 0 Å². The van der Waals surface area contributed by atoms with Crippen LogP contribution in [0.2, 0.25) is 5.02 Å². The molecule has 0 spiro atoms. The number of nitrogens with zero attached hydrogens (tertiary/aromatic N) is 7. The van der Waals surface area contributed by atoms with Crippen LogP contribution in [0.15, 0.2) is 42.5 Å². The van der Waals surface area contributed by atoms with E-state index >= 15 is 0 Å². The van der Waals surface area contributed by atoms with Crippen molar-refractivity contribution in [3.05, 3.63) is 70.0 Å².